The van der Waals surface area contributed by atoms with Crippen LogP contribution in [0.3, 0.4) is 0 Å². The Bertz CT molecular complexity index is 749. The van der Waals surface area contributed by atoms with Crippen molar-refractivity contribution >= 4 is 39.1 Å². The number of carbonyl (C=O) groups excluding carboxylic acids is 2. The molecule has 0 saturated carbocycles. The molecule has 2 aromatic rings. The molecule has 0 spiro atoms. The minimum absolute atomic E-state index is 0.149. The molecule has 0 bridgehead atoms. The zero-order valence-electron chi connectivity index (χ0n) is 13.3. The van der Waals surface area contributed by atoms with E-state index in [0.717, 1.165) is 4.47 Å². The molecule has 0 fully saturated rings. The van der Waals surface area contributed by atoms with Gasteiger partial charge in [-0.1, -0.05) is 22.0 Å². The van der Waals surface area contributed by atoms with Gasteiger partial charge in [-0.3, -0.25) is 9.59 Å². The SMILES string of the molecule is COc1ccc(NC(C)=O)cc1NC(=O)COc1cccc(Br)c1. The summed E-state index contributed by atoms with van der Waals surface area (Å²) in [5.41, 5.74) is 1.01. The van der Waals surface area contributed by atoms with Crippen LogP contribution in [0.2, 0.25) is 0 Å². The lowest BCUT2D eigenvalue weighted by Crippen LogP contribution is -2.20. The van der Waals surface area contributed by atoms with Crippen LogP contribution in [0.15, 0.2) is 46.9 Å². The molecule has 0 aliphatic rings. The summed E-state index contributed by atoms with van der Waals surface area (Å²) in [6.07, 6.45) is 0. The van der Waals surface area contributed by atoms with Crippen molar-refractivity contribution in [2.75, 3.05) is 24.4 Å². The standard InChI is InChI=1S/C17H17BrN2O4/c1-11(21)19-13-6-7-16(23-2)15(9-13)20-17(22)10-24-14-5-3-4-12(18)8-14/h3-9H,10H2,1-2H3,(H,19,21)(H,20,22). The molecular formula is C17H17BrN2O4. The van der Waals surface area contributed by atoms with Gasteiger partial charge in [-0.2, -0.15) is 0 Å². The third-order valence-corrected chi connectivity index (χ3v) is 3.45. The van der Waals surface area contributed by atoms with Crippen LogP contribution in [0.25, 0.3) is 0 Å². The Kier molecular flexibility index (Phi) is 6.20. The van der Waals surface area contributed by atoms with Gasteiger partial charge in [0.2, 0.25) is 5.91 Å². The summed E-state index contributed by atoms with van der Waals surface area (Å²) in [5, 5.41) is 5.36. The van der Waals surface area contributed by atoms with Crippen LogP contribution in [0.5, 0.6) is 11.5 Å². The van der Waals surface area contributed by atoms with E-state index in [1.807, 2.05) is 12.1 Å². The van der Waals surface area contributed by atoms with E-state index in [1.165, 1.54) is 14.0 Å². The van der Waals surface area contributed by atoms with Crippen LogP contribution in [-0.4, -0.2) is 25.5 Å². The summed E-state index contributed by atoms with van der Waals surface area (Å²) in [6, 6.07) is 12.2. The normalized spacial score (nSPS) is 9.96. The van der Waals surface area contributed by atoms with E-state index >= 15 is 0 Å². The number of ether oxygens (including phenoxy) is 2. The average Bonchev–Trinajstić information content (AvgIpc) is 2.53. The Morgan fingerprint density at radius 1 is 1.12 bits per heavy atom. The first-order valence-electron chi connectivity index (χ1n) is 7.12. The molecule has 24 heavy (non-hydrogen) atoms. The van der Waals surface area contributed by atoms with Gasteiger partial charge >= 0.3 is 0 Å². The lowest BCUT2D eigenvalue weighted by atomic mass is 10.2. The largest absolute Gasteiger partial charge is 0.495 e. The Balaban J connectivity index is 2.03. The molecule has 0 unspecified atom stereocenters. The molecule has 0 saturated heterocycles. The topological polar surface area (TPSA) is 76.7 Å². The van der Waals surface area contributed by atoms with Gasteiger partial charge in [0.15, 0.2) is 6.61 Å². The van der Waals surface area contributed by atoms with Crippen molar-refractivity contribution < 1.29 is 19.1 Å². The molecular weight excluding hydrogens is 376 g/mol. The number of halogens is 1. The molecule has 0 atom stereocenters. The fraction of sp³-hybridized carbons (Fsp3) is 0.176. The minimum atomic E-state index is -0.340. The van der Waals surface area contributed by atoms with Crippen molar-refractivity contribution in [2.45, 2.75) is 6.92 Å². The predicted molar refractivity (Wildman–Crippen MR) is 95.6 cm³/mol. The Morgan fingerprint density at radius 3 is 2.58 bits per heavy atom. The Labute approximate surface area is 148 Å². The molecule has 126 valence electrons. The lowest BCUT2D eigenvalue weighted by molar-refractivity contribution is -0.118. The fourth-order valence-electron chi connectivity index (χ4n) is 1.98. The molecule has 2 aromatic carbocycles. The van der Waals surface area contributed by atoms with Crippen molar-refractivity contribution in [3.63, 3.8) is 0 Å². The minimum Gasteiger partial charge on any atom is -0.495 e. The van der Waals surface area contributed by atoms with Crippen LogP contribution in [0.1, 0.15) is 6.92 Å². The van der Waals surface area contributed by atoms with Gasteiger partial charge < -0.3 is 20.1 Å². The highest BCUT2D eigenvalue weighted by atomic mass is 79.9. The lowest BCUT2D eigenvalue weighted by Gasteiger charge is -2.13. The summed E-state index contributed by atoms with van der Waals surface area (Å²) < 4.78 is 11.5. The van der Waals surface area contributed by atoms with E-state index in [1.54, 1.807) is 30.3 Å². The number of hydrogen-bond acceptors (Lipinski definition) is 4. The van der Waals surface area contributed by atoms with E-state index in [4.69, 9.17) is 9.47 Å². The molecule has 0 radical (unpaired) electrons. The van der Waals surface area contributed by atoms with Gasteiger partial charge in [0.1, 0.15) is 11.5 Å². The molecule has 2 rings (SSSR count). The van der Waals surface area contributed by atoms with Crippen LogP contribution >= 0.6 is 15.9 Å². The molecule has 2 amide bonds. The number of amides is 2. The highest BCUT2D eigenvalue weighted by Gasteiger charge is 2.10. The number of anilines is 2. The van der Waals surface area contributed by atoms with Gasteiger partial charge in [0.05, 0.1) is 12.8 Å². The summed E-state index contributed by atoms with van der Waals surface area (Å²) in [7, 11) is 1.50. The summed E-state index contributed by atoms with van der Waals surface area (Å²) in [5.74, 6) is 0.530. The maximum Gasteiger partial charge on any atom is 0.262 e. The van der Waals surface area contributed by atoms with Crippen molar-refractivity contribution in [2.24, 2.45) is 0 Å². The van der Waals surface area contributed by atoms with E-state index in [9.17, 15) is 9.59 Å². The molecule has 7 heteroatoms. The van der Waals surface area contributed by atoms with Crippen molar-refractivity contribution in [3.8, 4) is 11.5 Å². The first kappa shape index (κ1) is 17.8. The zero-order chi connectivity index (χ0) is 17.5. The second-order valence-corrected chi connectivity index (χ2v) is 5.81. The highest BCUT2D eigenvalue weighted by Crippen LogP contribution is 2.28. The van der Waals surface area contributed by atoms with Crippen molar-refractivity contribution in [3.05, 3.63) is 46.9 Å². The highest BCUT2D eigenvalue weighted by molar-refractivity contribution is 9.10. The first-order valence-corrected chi connectivity index (χ1v) is 7.91. The molecule has 0 aliphatic heterocycles. The second kappa shape index (κ2) is 8.35. The van der Waals surface area contributed by atoms with E-state index in [-0.39, 0.29) is 18.4 Å². The smallest absolute Gasteiger partial charge is 0.262 e. The number of methoxy groups -OCH3 is 1. The predicted octanol–water partition coefficient (Wildman–Crippen LogP) is 3.43. The van der Waals surface area contributed by atoms with Crippen LogP contribution < -0.4 is 20.1 Å². The van der Waals surface area contributed by atoms with E-state index in [2.05, 4.69) is 26.6 Å². The van der Waals surface area contributed by atoms with Gasteiger partial charge in [0, 0.05) is 17.1 Å². The van der Waals surface area contributed by atoms with E-state index in [0.29, 0.717) is 22.9 Å². The number of benzene rings is 2. The third kappa shape index (κ3) is 5.27. The summed E-state index contributed by atoms with van der Waals surface area (Å²) in [4.78, 5) is 23.2. The first-order chi connectivity index (χ1) is 11.5. The average molecular weight is 393 g/mol. The number of carbonyl (C=O) groups is 2. The van der Waals surface area contributed by atoms with Gasteiger partial charge in [-0.15, -0.1) is 0 Å². The number of nitrogens with one attached hydrogen (secondary N) is 2. The molecule has 0 heterocycles. The number of hydrogen-bond donors (Lipinski definition) is 2. The van der Waals surface area contributed by atoms with Crippen molar-refractivity contribution in [1.29, 1.82) is 0 Å². The molecule has 6 nitrogen and oxygen atoms in total. The van der Waals surface area contributed by atoms with Crippen LogP contribution in [-0.2, 0) is 9.59 Å². The Hall–Kier alpha value is -2.54. The monoisotopic (exact) mass is 392 g/mol. The van der Waals surface area contributed by atoms with Crippen molar-refractivity contribution in [1.82, 2.24) is 0 Å². The summed E-state index contributed by atoms with van der Waals surface area (Å²) >= 11 is 3.34. The quantitative estimate of drug-likeness (QED) is 0.789. The van der Waals surface area contributed by atoms with Gasteiger partial charge in [0.25, 0.3) is 5.91 Å². The Morgan fingerprint density at radius 2 is 1.92 bits per heavy atom. The number of rotatable bonds is 6. The summed E-state index contributed by atoms with van der Waals surface area (Å²) in [6.45, 7) is 1.26. The van der Waals surface area contributed by atoms with Gasteiger partial charge in [-0.05, 0) is 36.4 Å². The zero-order valence-corrected chi connectivity index (χ0v) is 14.8. The van der Waals surface area contributed by atoms with E-state index < -0.39 is 0 Å². The molecule has 0 aliphatic carbocycles. The maximum atomic E-state index is 12.1. The second-order valence-electron chi connectivity index (χ2n) is 4.89. The fourth-order valence-corrected chi connectivity index (χ4v) is 2.36. The molecule has 2 N–H and O–H groups in total. The third-order valence-electron chi connectivity index (χ3n) is 2.96. The van der Waals surface area contributed by atoms with Crippen LogP contribution in [0.4, 0.5) is 11.4 Å². The van der Waals surface area contributed by atoms with Gasteiger partial charge in [-0.25, -0.2) is 0 Å². The molecule has 0 aromatic heterocycles. The maximum absolute atomic E-state index is 12.1. The van der Waals surface area contributed by atoms with Crippen LogP contribution in [0, 0.1) is 0 Å².